The number of Topliss-reactive ketones (excluding diaryl/α,β-unsaturated/α-hetero) is 1. The Bertz CT molecular complexity index is 231. The highest BCUT2D eigenvalue weighted by Crippen LogP contribution is 2.16. The lowest BCUT2D eigenvalue weighted by Crippen LogP contribution is -2.51. The number of nitrogens with one attached hydrogen (secondary N) is 1. The van der Waals surface area contributed by atoms with Gasteiger partial charge in [0.2, 0.25) is 5.78 Å². The molecule has 0 atom stereocenters. The zero-order valence-electron chi connectivity index (χ0n) is 8.07. The molecule has 0 saturated carbocycles. The molecule has 0 aliphatic rings. The lowest BCUT2D eigenvalue weighted by atomic mass is 10.1. The van der Waals surface area contributed by atoms with Crippen LogP contribution in [-0.4, -0.2) is 23.2 Å². The summed E-state index contributed by atoms with van der Waals surface area (Å²) < 4.78 is 25.4. The largest absolute Gasteiger partial charge is 0.381 e. The van der Waals surface area contributed by atoms with Crippen molar-refractivity contribution in [1.29, 1.82) is 0 Å². The minimum atomic E-state index is -3.92. The van der Waals surface area contributed by atoms with E-state index >= 15 is 0 Å². The van der Waals surface area contributed by atoms with Gasteiger partial charge in [0.05, 0.1) is 0 Å². The normalized spacial score (nSPS) is 12.5. The maximum atomic E-state index is 12.7. The lowest BCUT2D eigenvalue weighted by Gasteiger charge is -2.23. The SMILES string of the molecule is CC(=O)C(F)(F)C(=O)NC(C)(C)C. The van der Waals surface area contributed by atoms with Gasteiger partial charge >= 0.3 is 5.92 Å². The number of hydrogen-bond acceptors (Lipinski definition) is 2. The van der Waals surface area contributed by atoms with Gasteiger partial charge in [0.1, 0.15) is 0 Å². The Morgan fingerprint density at radius 2 is 1.54 bits per heavy atom. The number of hydrogen-bond donors (Lipinski definition) is 1. The molecule has 0 aliphatic carbocycles. The molecule has 0 spiro atoms. The van der Waals surface area contributed by atoms with Gasteiger partial charge in [0.25, 0.3) is 5.91 Å². The van der Waals surface area contributed by atoms with E-state index in [4.69, 9.17) is 0 Å². The summed E-state index contributed by atoms with van der Waals surface area (Å²) in [6.07, 6.45) is 0. The van der Waals surface area contributed by atoms with Crippen LogP contribution in [0.2, 0.25) is 0 Å². The van der Waals surface area contributed by atoms with Crippen LogP contribution in [0.15, 0.2) is 0 Å². The predicted molar refractivity (Wildman–Crippen MR) is 43.5 cm³/mol. The standard InChI is InChI=1S/C8H13F2NO2/c1-5(12)8(9,10)6(13)11-7(2,3)4/h1-4H3,(H,11,13). The molecule has 13 heavy (non-hydrogen) atoms. The second-order valence-electron chi connectivity index (χ2n) is 3.83. The Morgan fingerprint density at radius 1 is 1.15 bits per heavy atom. The smallest absolute Gasteiger partial charge is 0.346 e. The number of halogens is 2. The monoisotopic (exact) mass is 193 g/mol. The Hall–Kier alpha value is -1.00. The van der Waals surface area contributed by atoms with Crippen molar-refractivity contribution < 1.29 is 18.4 Å². The van der Waals surface area contributed by atoms with Gasteiger partial charge in [0.15, 0.2) is 0 Å². The highest BCUT2D eigenvalue weighted by Gasteiger charge is 2.45. The first-order valence-corrected chi connectivity index (χ1v) is 3.79. The van der Waals surface area contributed by atoms with Gasteiger partial charge < -0.3 is 5.32 Å². The summed E-state index contributed by atoms with van der Waals surface area (Å²) in [6, 6.07) is 0. The number of amides is 1. The molecule has 0 radical (unpaired) electrons. The third-order valence-corrected chi connectivity index (χ3v) is 1.22. The van der Waals surface area contributed by atoms with Crippen molar-refractivity contribution in [3.05, 3.63) is 0 Å². The summed E-state index contributed by atoms with van der Waals surface area (Å²) in [4.78, 5) is 21.2. The first-order valence-electron chi connectivity index (χ1n) is 3.79. The molecule has 0 aromatic rings. The fourth-order valence-corrected chi connectivity index (χ4v) is 0.579. The van der Waals surface area contributed by atoms with E-state index in [2.05, 4.69) is 0 Å². The topological polar surface area (TPSA) is 46.2 Å². The maximum Gasteiger partial charge on any atom is 0.381 e. The lowest BCUT2D eigenvalue weighted by molar-refractivity contribution is -0.157. The number of carbonyl (C=O) groups is 2. The minimum Gasteiger partial charge on any atom is -0.346 e. The zero-order chi connectivity index (χ0) is 10.9. The van der Waals surface area contributed by atoms with Gasteiger partial charge in [0, 0.05) is 12.5 Å². The molecule has 0 fully saturated rings. The van der Waals surface area contributed by atoms with Crippen LogP contribution in [0.1, 0.15) is 27.7 Å². The van der Waals surface area contributed by atoms with Crippen molar-refractivity contribution in [2.75, 3.05) is 0 Å². The van der Waals surface area contributed by atoms with E-state index in [0.717, 1.165) is 0 Å². The van der Waals surface area contributed by atoms with Crippen LogP contribution in [0.25, 0.3) is 0 Å². The number of alkyl halides is 2. The van der Waals surface area contributed by atoms with Gasteiger partial charge in [-0.05, 0) is 20.8 Å². The van der Waals surface area contributed by atoms with Crippen molar-refractivity contribution in [2.24, 2.45) is 0 Å². The molecule has 0 unspecified atom stereocenters. The molecule has 0 aromatic carbocycles. The van der Waals surface area contributed by atoms with Crippen LogP contribution in [-0.2, 0) is 9.59 Å². The van der Waals surface area contributed by atoms with Crippen LogP contribution in [0, 0.1) is 0 Å². The number of carbonyl (C=O) groups excluding carboxylic acids is 2. The summed E-state index contributed by atoms with van der Waals surface area (Å²) in [7, 11) is 0. The van der Waals surface area contributed by atoms with Crippen molar-refractivity contribution in [3.8, 4) is 0 Å². The van der Waals surface area contributed by atoms with E-state index in [1.807, 2.05) is 5.32 Å². The molecule has 76 valence electrons. The Balaban J connectivity index is 4.53. The fraction of sp³-hybridized carbons (Fsp3) is 0.750. The second-order valence-corrected chi connectivity index (χ2v) is 3.83. The van der Waals surface area contributed by atoms with Gasteiger partial charge in [-0.15, -0.1) is 0 Å². The van der Waals surface area contributed by atoms with Gasteiger partial charge in [-0.2, -0.15) is 8.78 Å². The second kappa shape index (κ2) is 3.40. The van der Waals surface area contributed by atoms with E-state index in [1.165, 1.54) is 0 Å². The summed E-state index contributed by atoms with van der Waals surface area (Å²) >= 11 is 0. The predicted octanol–water partition coefficient (Wildman–Crippen LogP) is 1.13. The van der Waals surface area contributed by atoms with Gasteiger partial charge in [-0.25, -0.2) is 0 Å². The van der Waals surface area contributed by atoms with E-state index in [-0.39, 0.29) is 0 Å². The van der Waals surface area contributed by atoms with Crippen molar-refractivity contribution in [1.82, 2.24) is 5.32 Å². The Labute approximate surface area is 75.5 Å². The van der Waals surface area contributed by atoms with Crippen molar-refractivity contribution in [2.45, 2.75) is 39.2 Å². The third-order valence-electron chi connectivity index (χ3n) is 1.22. The van der Waals surface area contributed by atoms with Crippen LogP contribution >= 0.6 is 0 Å². The van der Waals surface area contributed by atoms with E-state index < -0.39 is 23.2 Å². The molecule has 0 saturated heterocycles. The first-order chi connectivity index (χ1) is 5.57. The quantitative estimate of drug-likeness (QED) is 0.668. The van der Waals surface area contributed by atoms with Crippen LogP contribution in [0.4, 0.5) is 8.78 Å². The maximum absolute atomic E-state index is 12.7. The van der Waals surface area contributed by atoms with Crippen LogP contribution < -0.4 is 5.32 Å². The summed E-state index contributed by atoms with van der Waals surface area (Å²) in [6.45, 7) is 5.35. The highest BCUT2D eigenvalue weighted by molar-refractivity contribution is 6.06. The van der Waals surface area contributed by atoms with E-state index in [1.54, 1.807) is 20.8 Å². The van der Waals surface area contributed by atoms with Crippen molar-refractivity contribution >= 4 is 11.7 Å². The number of ketones is 1. The van der Waals surface area contributed by atoms with Crippen molar-refractivity contribution in [3.63, 3.8) is 0 Å². The molecule has 0 rings (SSSR count). The summed E-state index contributed by atoms with van der Waals surface area (Å²) in [5, 5.41) is 2.03. The van der Waals surface area contributed by atoms with Gasteiger partial charge in [-0.1, -0.05) is 0 Å². The molecule has 1 amide bonds. The van der Waals surface area contributed by atoms with E-state index in [0.29, 0.717) is 6.92 Å². The fourth-order valence-electron chi connectivity index (χ4n) is 0.579. The summed E-state index contributed by atoms with van der Waals surface area (Å²) in [5.74, 6) is -6.92. The number of rotatable bonds is 2. The molecular formula is C8H13F2NO2. The molecule has 0 bridgehead atoms. The van der Waals surface area contributed by atoms with Gasteiger partial charge in [-0.3, -0.25) is 9.59 Å². The molecule has 5 heteroatoms. The van der Waals surface area contributed by atoms with Crippen LogP contribution in [0.5, 0.6) is 0 Å². The molecule has 3 nitrogen and oxygen atoms in total. The zero-order valence-corrected chi connectivity index (χ0v) is 8.07. The third kappa shape index (κ3) is 3.48. The highest BCUT2D eigenvalue weighted by atomic mass is 19.3. The Kier molecular flexibility index (Phi) is 3.13. The minimum absolute atomic E-state index is 0.683. The molecule has 0 aliphatic heterocycles. The average molecular weight is 193 g/mol. The molecular weight excluding hydrogens is 180 g/mol. The average Bonchev–Trinajstić information content (AvgIpc) is 1.82. The Morgan fingerprint density at radius 3 is 1.77 bits per heavy atom. The first kappa shape index (κ1) is 12.0. The molecule has 1 N–H and O–H groups in total. The van der Waals surface area contributed by atoms with Crippen LogP contribution in [0.3, 0.4) is 0 Å². The van der Waals surface area contributed by atoms with E-state index in [9.17, 15) is 18.4 Å². The molecule has 0 aromatic heterocycles. The summed E-state index contributed by atoms with van der Waals surface area (Å²) in [5.41, 5.74) is -0.768. The molecule has 0 heterocycles.